The number of hydrogen-bond donors (Lipinski definition) is 1. The summed E-state index contributed by atoms with van der Waals surface area (Å²) < 4.78 is 6.53. The summed E-state index contributed by atoms with van der Waals surface area (Å²) in [5.41, 5.74) is 5.37. The van der Waals surface area contributed by atoms with E-state index in [9.17, 15) is 4.79 Å². The average Bonchev–Trinajstić information content (AvgIpc) is 3.20. The summed E-state index contributed by atoms with van der Waals surface area (Å²) in [5.74, 6) is -0.0177. The minimum atomic E-state index is -0.0177. The Hall–Kier alpha value is -2.80. The van der Waals surface area contributed by atoms with Crippen LogP contribution in [0.15, 0.2) is 48.7 Å². The molecule has 1 aliphatic heterocycles. The zero-order valence-electron chi connectivity index (χ0n) is 18.5. The van der Waals surface area contributed by atoms with E-state index in [1.54, 1.807) is 11.3 Å². The summed E-state index contributed by atoms with van der Waals surface area (Å²) in [6, 6.07) is 14.7. The Kier molecular flexibility index (Phi) is 5.91. The number of aryl methyl sites for hydroxylation is 2. The van der Waals surface area contributed by atoms with Crippen LogP contribution >= 0.6 is 11.3 Å². The highest BCUT2D eigenvalue weighted by atomic mass is 32.1. The second-order valence-electron chi connectivity index (χ2n) is 8.40. The lowest BCUT2D eigenvalue weighted by Crippen LogP contribution is -2.41. The average molecular weight is 446 g/mol. The molecule has 32 heavy (non-hydrogen) atoms. The van der Waals surface area contributed by atoms with Crippen molar-refractivity contribution in [3.8, 4) is 11.1 Å². The molecule has 0 unspecified atom stereocenters. The van der Waals surface area contributed by atoms with Crippen molar-refractivity contribution in [2.75, 3.05) is 39.4 Å². The number of rotatable bonds is 5. The Morgan fingerprint density at radius 1 is 1.06 bits per heavy atom. The lowest BCUT2D eigenvalue weighted by atomic mass is 10.00. The zero-order chi connectivity index (χ0) is 22.1. The van der Waals surface area contributed by atoms with E-state index in [1.165, 1.54) is 11.1 Å². The van der Waals surface area contributed by atoms with Crippen molar-refractivity contribution >= 4 is 38.2 Å². The highest BCUT2D eigenvalue weighted by molar-refractivity contribution is 7.22. The van der Waals surface area contributed by atoms with Crippen LogP contribution in [0.5, 0.6) is 0 Å². The van der Waals surface area contributed by atoms with Gasteiger partial charge in [-0.05, 0) is 31.5 Å². The molecule has 2 aromatic carbocycles. The maximum atomic E-state index is 13.4. The molecule has 5 nitrogen and oxygen atoms in total. The summed E-state index contributed by atoms with van der Waals surface area (Å²) >= 11 is 1.57. The van der Waals surface area contributed by atoms with E-state index in [1.807, 2.05) is 6.20 Å². The minimum absolute atomic E-state index is 0.0177. The van der Waals surface area contributed by atoms with Gasteiger partial charge in [-0.15, -0.1) is 11.3 Å². The van der Waals surface area contributed by atoms with Gasteiger partial charge in [0.05, 0.1) is 18.7 Å². The fraction of sp³-hybridized carbons (Fsp3) is 0.308. The number of thiophene rings is 1. The lowest BCUT2D eigenvalue weighted by Gasteiger charge is -2.26. The van der Waals surface area contributed by atoms with Crippen LogP contribution in [0.2, 0.25) is 0 Å². The largest absolute Gasteiger partial charge is 0.379 e. The van der Waals surface area contributed by atoms with Gasteiger partial charge in [0.1, 0.15) is 4.88 Å². The number of benzene rings is 2. The molecule has 6 heteroatoms. The number of carbonyl (C=O) groups excluding carboxylic acids is 1. The second kappa shape index (κ2) is 8.98. The fourth-order valence-electron chi connectivity index (χ4n) is 4.24. The first-order chi connectivity index (χ1) is 15.6. The van der Waals surface area contributed by atoms with Gasteiger partial charge in [0.25, 0.3) is 5.91 Å². The molecular formula is C26H27N3O2S. The first kappa shape index (κ1) is 21.1. The van der Waals surface area contributed by atoms with Gasteiger partial charge >= 0.3 is 0 Å². The van der Waals surface area contributed by atoms with Gasteiger partial charge in [0.2, 0.25) is 0 Å². The quantitative estimate of drug-likeness (QED) is 0.480. The standard InChI is InChI=1S/C26H27N3O2S/c1-17-3-6-19(7-4-17)23-21-16-28-22-8-5-18(2)15-20(22)24(21)32-25(23)26(30)27-9-10-29-11-13-31-14-12-29/h3-8,15-16H,9-14H2,1-2H3,(H,27,30). The Labute approximate surface area is 192 Å². The summed E-state index contributed by atoms with van der Waals surface area (Å²) in [6.45, 7) is 9.00. The van der Waals surface area contributed by atoms with Gasteiger partial charge in [0, 0.05) is 53.4 Å². The number of carbonyl (C=O) groups is 1. The molecule has 2 aromatic heterocycles. The zero-order valence-corrected chi connectivity index (χ0v) is 19.3. The molecule has 1 saturated heterocycles. The third-order valence-corrected chi connectivity index (χ3v) is 7.28. The Morgan fingerprint density at radius 2 is 1.81 bits per heavy atom. The molecule has 0 radical (unpaired) electrons. The van der Waals surface area contributed by atoms with Gasteiger partial charge in [-0.3, -0.25) is 14.7 Å². The fourth-order valence-corrected chi connectivity index (χ4v) is 5.48. The smallest absolute Gasteiger partial charge is 0.262 e. The third-order valence-electron chi connectivity index (χ3n) is 6.04. The van der Waals surface area contributed by atoms with Gasteiger partial charge in [-0.1, -0.05) is 41.5 Å². The van der Waals surface area contributed by atoms with Crippen LogP contribution in [0.3, 0.4) is 0 Å². The van der Waals surface area contributed by atoms with Gasteiger partial charge in [0.15, 0.2) is 0 Å². The summed E-state index contributed by atoms with van der Waals surface area (Å²) in [7, 11) is 0. The number of nitrogens with one attached hydrogen (secondary N) is 1. The number of hydrogen-bond acceptors (Lipinski definition) is 5. The molecule has 3 heterocycles. The molecule has 0 spiro atoms. The van der Waals surface area contributed by atoms with E-state index in [2.05, 4.69) is 66.5 Å². The molecule has 4 aromatic rings. The topological polar surface area (TPSA) is 54.5 Å². The third kappa shape index (κ3) is 4.13. The first-order valence-corrected chi connectivity index (χ1v) is 11.9. The van der Waals surface area contributed by atoms with Crippen molar-refractivity contribution in [3.05, 3.63) is 64.7 Å². The molecule has 164 valence electrons. The highest BCUT2D eigenvalue weighted by Gasteiger charge is 2.22. The van der Waals surface area contributed by atoms with Crippen molar-refractivity contribution < 1.29 is 9.53 Å². The predicted molar refractivity (Wildman–Crippen MR) is 132 cm³/mol. The van der Waals surface area contributed by atoms with E-state index in [0.29, 0.717) is 6.54 Å². The predicted octanol–water partition coefficient (Wildman–Crippen LogP) is 4.80. The number of pyridine rings is 1. The SMILES string of the molecule is Cc1ccc(-c2c(C(=O)NCCN3CCOCC3)sc3c2cnc2ccc(C)cc23)cc1. The second-order valence-corrected chi connectivity index (χ2v) is 9.42. The summed E-state index contributed by atoms with van der Waals surface area (Å²) in [5, 5.41) is 5.30. The van der Waals surface area contributed by atoms with Gasteiger partial charge in [-0.2, -0.15) is 0 Å². The molecule has 0 saturated carbocycles. The van der Waals surface area contributed by atoms with Crippen molar-refractivity contribution in [2.45, 2.75) is 13.8 Å². The van der Waals surface area contributed by atoms with Crippen molar-refractivity contribution in [1.29, 1.82) is 0 Å². The molecule has 1 N–H and O–H groups in total. The number of fused-ring (bicyclic) bond motifs is 3. The number of ether oxygens (including phenoxy) is 1. The number of amides is 1. The first-order valence-electron chi connectivity index (χ1n) is 11.1. The number of nitrogens with zero attached hydrogens (tertiary/aromatic N) is 2. The van der Waals surface area contributed by atoms with Crippen LogP contribution in [-0.2, 0) is 4.74 Å². The van der Waals surface area contributed by atoms with E-state index >= 15 is 0 Å². The van der Waals surface area contributed by atoms with Crippen molar-refractivity contribution in [1.82, 2.24) is 15.2 Å². The molecule has 1 aliphatic rings. The van der Waals surface area contributed by atoms with Gasteiger partial charge in [-0.25, -0.2) is 0 Å². The molecule has 5 rings (SSSR count). The van der Waals surface area contributed by atoms with Crippen molar-refractivity contribution in [2.24, 2.45) is 0 Å². The molecule has 1 fully saturated rings. The lowest BCUT2D eigenvalue weighted by molar-refractivity contribution is 0.0383. The van der Waals surface area contributed by atoms with Crippen LogP contribution in [-0.4, -0.2) is 55.2 Å². The molecule has 0 aliphatic carbocycles. The number of morpholine rings is 1. The monoisotopic (exact) mass is 445 g/mol. The van der Waals surface area contributed by atoms with E-state index < -0.39 is 0 Å². The maximum absolute atomic E-state index is 13.4. The van der Waals surface area contributed by atoms with E-state index in [4.69, 9.17) is 9.72 Å². The van der Waals surface area contributed by atoms with E-state index in [0.717, 1.165) is 69.8 Å². The highest BCUT2D eigenvalue weighted by Crippen LogP contribution is 2.41. The summed E-state index contributed by atoms with van der Waals surface area (Å²) in [6.07, 6.45) is 1.92. The molecular weight excluding hydrogens is 418 g/mol. The Morgan fingerprint density at radius 3 is 2.59 bits per heavy atom. The summed E-state index contributed by atoms with van der Waals surface area (Å²) in [4.78, 5) is 21.1. The van der Waals surface area contributed by atoms with Crippen LogP contribution in [0, 0.1) is 13.8 Å². The van der Waals surface area contributed by atoms with Crippen molar-refractivity contribution in [3.63, 3.8) is 0 Å². The molecule has 1 amide bonds. The Bertz CT molecular complexity index is 1270. The van der Waals surface area contributed by atoms with Crippen LogP contribution in [0.4, 0.5) is 0 Å². The van der Waals surface area contributed by atoms with Gasteiger partial charge < -0.3 is 10.1 Å². The Balaban J connectivity index is 1.54. The maximum Gasteiger partial charge on any atom is 0.262 e. The molecule has 0 atom stereocenters. The molecule has 0 bridgehead atoms. The van der Waals surface area contributed by atoms with E-state index in [-0.39, 0.29) is 5.91 Å². The number of aromatic nitrogens is 1. The normalized spacial score (nSPS) is 14.8. The van der Waals surface area contributed by atoms with Crippen LogP contribution in [0.1, 0.15) is 20.8 Å². The van der Waals surface area contributed by atoms with Crippen LogP contribution < -0.4 is 5.32 Å². The minimum Gasteiger partial charge on any atom is -0.379 e. The van der Waals surface area contributed by atoms with Crippen LogP contribution in [0.25, 0.3) is 32.1 Å².